The van der Waals surface area contributed by atoms with Crippen LogP contribution in [0, 0.1) is 0 Å². The highest BCUT2D eigenvalue weighted by Gasteiger charge is 2.24. The van der Waals surface area contributed by atoms with Gasteiger partial charge in [-0.1, -0.05) is 11.6 Å². The van der Waals surface area contributed by atoms with E-state index < -0.39 is 0 Å². The van der Waals surface area contributed by atoms with Gasteiger partial charge in [-0.15, -0.1) is 12.4 Å². The van der Waals surface area contributed by atoms with E-state index in [1.165, 1.54) is 13.0 Å². The molecule has 0 radical (unpaired) electrons. The maximum Gasteiger partial charge on any atom is 0.137 e. The summed E-state index contributed by atoms with van der Waals surface area (Å²) in [6, 6.07) is 4.14. The van der Waals surface area contributed by atoms with Crippen molar-refractivity contribution in [1.82, 2.24) is 9.88 Å². The quantitative estimate of drug-likeness (QED) is 0.768. The Morgan fingerprint density at radius 3 is 2.87 bits per heavy atom. The summed E-state index contributed by atoms with van der Waals surface area (Å²) in [6.45, 7) is 1.91. The Labute approximate surface area is 101 Å². The predicted molar refractivity (Wildman–Crippen MR) is 63.0 cm³/mol. The van der Waals surface area contributed by atoms with E-state index in [4.69, 9.17) is 16.3 Å². The lowest BCUT2D eigenvalue weighted by Crippen LogP contribution is -2.48. The molecule has 0 N–H and O–H groups in total. The molecule has 0 saturated carbocycles. The second kappa shape index (κ2) is 5.54. The van der Waals surface area contributed by atoms with Crippen LogP contribution in [0.3, 0.4) is 0 Å². The molecular weight excluding hydrogens is 235 g/mol. The van der Waals surface area contributed by atoms with Gasteiger partial charge in [0.05, 0.1) is 6.20 Å². The number of aromatic nitrogens is 1. The van der Waals surface area contributed by atoms with E-state index >= 15 is 0 Å². The monoisotopic (exact) mass is 248 g/mol. The SMILES string of the molecule is CN1CC[C@H]1COc1ccc(Cl)nc1.Cl. The topological polar surface area (TPSA) is 25.4 Å². The van der Waals surface area contributed by atoms with Crippen LogP contribution in [0.5, 0.6) is 5.75 Å². The van der Waals surface area contributed by atoms with Crippen molar-refractivity contribution in [3.63, 3.8) is 0 Å². The molecule has 5 heteroatoms. The summed E-state index contributed by atoms with van der Waals surface area (Å²) in [5.41, 5.74) is 0. The van der Waals surface area contributed by atoms with Gasteiger partial charge in [-0.05, 0) is 32.1 Å². The Balaban J connectivity index is 0.00000112. The minimum atomic E-state index is 0. The minimum absolute atomic E-state index is 0. The zero-order valence-electron chi connectivity index (χ0n) is 8.52. The van der Waals surface area contributed by atoms with Crippen LogP contribution in [0.4, 0.5) is 0 Å². The van der Waals surface area contributed by atoms with Gasteiger partial charge in [0.25, 0.3) is 0 Å². The summed E-state index contributed by atoms with van der Waals surface area (Å²) in [7, 11) is 2.11. The van der Waals surface area contributed by atoms with Crippen LogP contribution in [0.25, 0.3) is 0 Å². The van der Waals surface area contributed by atoms with Crippen LogP contribution >= 0.6 is 24.0 Å². The average molecular weight is 249 g/mol. The molecule has 1 aliphatic rings. The smallest absolute Gasteiger partial charge is 0.137 e. The van der Waals surface area contributed by atoms with E-state index in [0.717, 1.165) is 12.4 Å². The van der Waals surface area contributed by atoms with Crippen LogP contribution in [-0.4, -0.2) is 36.1 Å². The Kier molecular flexibility index (Phi) is 4.64. The number of hydrogen-bond donors (Lipinski definition) is 0. The molecule has 1 saturated heterocycles. The van der Waals surface area contributed by atoms with Gasteiger partial charge in [-0.3, -0.25) is 4.90 Å². The molecular formula is C10H14Cl2N2O. The number of ether oxygens (including phenoxy) is 1. The fourth-order valence-electron chi connectivity index (χ4n) is 1.42. The number of likely N-dealkylation sites (tertiary alicyclic amines) is 1. The first kappa shape index (κ1) is 12.6. The first-order chi connectivity index (χ1) is 6.75. The van der Waals surface area contributed by atoms with Crippen molar-refractivity contribution in [3.8, 4) is 5.75 Å². The lowest BCUT2D eigenvalue weighted by molar-refractivity contribution is 0.0767. The second-order valence-electron chi connectivity index (χ2n) is 3.55. The molecule has 1 aromatic heterocycles. The van der Waals surface area contributed by atoms with Gasteiger partial charge < -0.3 is 4.74 Å². The molecule has 0 aromatic carbocycles. The number of halogens is 2. The molecule has 0 aliphatic carbocycles. The van der Waals surface area contributed by atoms with Crippen molar-refractivity contribution in [2.24, 2.45) is 0 Å². The number of likely N-dealkylation sites (N-methyl/N-ethyl adjacent to an activating group) is 1. The highest BCUT2D eigenvalue weighted by Crippen LogP contribution is 2.17. The van der Waals surface area contributed by atoms with Gasteiger partial charge >= 0.3 is 0 Å². The summed E-state index contributed by atoms with van der Waals surface area (Å²) < 4.78 is 5.57. The Hall–Kier alpha value is -0.510. The van der Waals surface area contributed by atoms with Crippen LogP contribution in [-0.2, 0) is 0 Å². The van der Waals surface area contributed by atoms with Gasteiger partial charge in [-0.25, -0.2) is 4.98 Å². The fraction of sp³-hybridized carbons (Fsp3) is 0.500. The van der Waals surface area contributed by atoms with Crippen molar-refractivity contribution in [2.75, 3.05) is 20.2 Å². The van der Waals surface area contributed by atoms with Gasteiger partial charge in [0.2, 0.25) is 0 Å². The first-order valence-electron chi connectivity index (χ1n) is 4.70. The Bertz CT molecular complexity index is 305. The molecule has 0 bridgehead atoms. The standard InChI is InChI=1S/C10H13ClN2O.ClH/c1-13-5-4-8(13)7-14-9-2-3-10(11)12-6-9;/h2-3,6,8H,4-5,7H2,1H3;1H/t8-;/m0./s1. The summed E-state index contributed by atoms with van der Waals surface area (Å²) in [5, 5.41) is 0.498. The lowest BCUT2D eigenvalue weighted by atomic mass is 10.1. The first-order valence-corrected chi connectivity index (χ1v) is 5.08. The van der Waals surface area contributed by atoms with Gasteiger partial charge in [0.1, 0.15) is 17.5 Å². The average Bonchev–Trinajstić information content (AvgIpc) is 2.19. The zero-order valence-corrected chi connectivity index (χ0v) is 10.1. The molecule has 0 amide bonds. The molecule has 1 atom stereocenters. The molecule has 1 aliphatic heterocycles. The van der Waals surface area contributed by atoms with E-state index in [1.807, 2.05) is 6.07 Å². The van der Waals surface area contributed by atoms with Crippen molar-refractivity contribution in [3.05, 3.63) is 23.5 Å². The number of nitrogens with zero attached hydrogens (tertiary/aromatic N) is 2. The second-order valence-corrected chi connectivity index (χ2v) is 3.94. The van der Waals surface area contributed by atoms with E-state index in [2.05, 4.69) is 16.9 Å². The van der Waals surface area contributed by atoms with Gasteiger partial charge in [-0.2, -0.15) is 0 Å². The molecule has 1 aromatic rings. The minimum Gasteiger partial charge on any atom is -0.490 e. The van der Waals surface area contributed by atoms with Crippen molar-refractivity contribution < 1.29 is 4.74 Å². The summed E-state index contributed by atoms with van der Waals surface area (Å²) in [5.74, 6) is 0.787. The van der Waals surface area contributed by atoms with Crippen molar-refractivity contribution in [2.45, 2.75) is 12.5 Å². The normalized spacial score (nSPS) is 20.3. The Morgan fingerprint density at radius 1 is 1.60 bits per heavy atom. The number of hydrogen-bond acceptors (Lipinski definition) is 3. The van der Waals surface area contributed by atoms with Gasteiger partial charge in [0.15, 0.2) is 0 Å². The third-order valence-electron chi connectivity index (χ3n) is 2.58. The van der Waals surface area contributed by atoms with E-state index in [0.29, 0.717) is 11.2 Å². The van der Waals surface area contributed by atoms with E-state index in [1.54, 1.807) is 12.3 Å². The van der Waals surface area contributed by atoms with E-state index in [9.17, 15) is 0 Å². The summed E-state index contributed by atoms with van der Waals surface area (Å²) >= 11 is 5.66. The fourth-order valence-corrected chi connectivity index (χ4v) is 1.53. The summed E-state index contributed by atoms with van der Waals surface area (Å²) in [4.78, 5) is 6.23. The molecule has 0 unspecified atom stereocenters. The van der Waals surface area contributed by atoms with Crippen LogP contribution in [0.1, 0.15) is 6.42 Å². The Morgan fingerprint density at radius 2 is 2.40 bits per heavy atom. The molecule has 2 rings (SSSR count). The largest absolute Gasteiger partial charge is 0.490 e. The van der Waals surface area contributed by atoms with E-state index in [-0.39, 0.29) is 12.4 Å². The maximum atomic E-state index is 5.66. The number of rotatable bonds is 3. The third kappa shape index (κ3) is 3.23. The highest BCUT2D eigenvalue weighted by atomic mass is 35.5. The number of pyridine rings is 1. The summed E-state index contributed by atoms with van der Waals surface area (Å²) in [6.07, 6.45) is 2.87. The third-order valence-corrected chi connectivity index (χ3v) is 2.80. The van der Waals surface area contributed by atoms with Crippen molar-refractivity contribution in [1.29, 1.82) is 0 Å². The highest BCUT2D eigenvalue weighted by molar-refractivity contribution is 6.29. The molecule has 84 valence electrons. The zero-order chi connectivity index (χ0) is 9.97. The van der Waals surface area contributed by atoms with Crippen LogP contribution in [0.2, 0.25) is 5.15 Å². The van der Waals surface area contributed by atoms with Crippen molar-refractivity contribution >= 4 is 24.0 Å². The van der Waals surface area contributed by atoms with Crippen LogP contribution in [0.15, 0.2) is 18.3 Å². The lowest BCUT2D eigenvalue weighted by Gasteiger charge is -2.37. The predicted octanol–water partition coefficient (Wildman–Crippen LogP) is 2.24. The van der Waals surface area contributed by atoms with Crippen LogP contribution < -0.4 is 4.74 Å². The molecule has 2 heterocycles. The molecule has 1 fully saturated rings. The molecule has 3 nitrogen and oxygen atoms in total. The molecule has 15 heavy (non-hydrogen) atoms. The maximum absolute atomic E-state index is 5.66. The van der Waals surface area contributed by atoms with Gasteiger partial charge in [0, 0.05) is 6.04 Å². The molecule has 0 spiro atoms.